The second-order valence-electron chi connectivity index (χ2n) is 11.3. The van der Waals surface area contributed by atoms with Gasteiger partial charge in [-0.3, -0.25) is 4.98 Å². The fourth-order valence-electron chi connectivity index (χ4n) is 5.22. The molecule has 0 spiro atoms. The van der Waals surface area contributed by atoms with Crippen molar-refractivity contribution in [3.8, 4) is 11.5 Å². The van der Waals surface area contributed by atoms with E-state index in [0.29, 0.717) is 28.3 Å². The molecule has 49 heavy (non-hydrogen) atoms. The smallest absolute Gasteiger partial charge is 0.338 e. The number of rotatable bonds is 12. The van der Waals surface area contributed by atoms with Gasteiger partial charge < -0.3 is 18.8 Å². The third-order valence-electron chi connectivity index (χ3n) is 7.92. The highest BCUT2D eigenvalue weighted by molar-refractivity contribution is 7.93. The molecule has 0 saturated heterocycles. The summed E-state index contributed by atoms with van der Waals surface area (Å²) < 4.78 is 85.3. The molecule has 0 N–H and O–H groups in total. The summed E-state index contributed by atoms with van der Waals surface area (Å²) in [4.78, 5) is 21.8. The van der Waals surface area contributed by atoms with Gasteiger partial charge in [-0.15, -0.1) is 0 Å². The number of pyridine rings is 1. The normalized spacial score (nSPS) is 12.6. The molecule has 0 fully saturated rings. The van der Waals surface area contributed by atoms with Gasteiger partial charge in [-0.1, -0.05) is 23.8 Å². The molecule has 0 bridgehead atoms. The third kappa shape index (κ3) is 7.29. The van der Waals surface area contributed by atoms with E-state index >= 15 is 0 Å². The zero-order valence-electron chi connectivity index (χ0n) is 27.7. The lowest BCUT2D eigenvalue weighted by atomic mass is 10.1. The van der Waals surface area contributed by atoms with E-state index in [2.05, 4.69) is 9.97 Å². The maximum atomic E-state index is 14.5. The van der Waals surface area contributed by atoms with Gasteiger partial charge in [0.1, 0.15) is 18.1 Å². The quantitative estimate of drug-likeness (QED) is 0.127. The molecule has 5 aromatic rings. The lowest BCUT2D eigenvalue weighted by Gasteiger charge is -2.16. The van der Waals surface area contributed by atoms with Gasteiger partial charge >= 0.3 is 11.1 Å². The van der Waals surface area contributed by atoms with E-state index in [-0.39, 0.29) is 37.3 Å². The van der Waals surface area contributed by atoms with E-state index in [9.17, 15) is 26.2 Å². The Morgan fingerprint density at radius 3 is 2.29 bits per heavy atom. The first-order valence-electron chi connectivity index (χ1n) is 14.9. The maximum Gasteiger partial charge on any atom is 0.338 e. The number of imidazole rings is 1. The number of benzene rings is 3. The number of hydrogen-bond acceptors (Lipinski definition) is 11. The van der Waals surface area contributed by atoms with Crippen molar-refractivity contribution in [2.45, 2.75) is 48.4 Å². The Morgan fingerprint density at radius 2 is 1.61 bits per heavy atom. The fourth-order valence-corrected chi connectivity index (χ4v) is 9.61. The van der Waals surface area contributed by atoms with Crippen LogP contribution in [0.3, 0.4) is 0 Å². The van der Waals surface area contributed by atoms with Crippen molar-refractivity contribution in [3.63, 3.8) is 0 Å². The van der Waals surface area contributed by atoms with E-state index < -0.39 is 49.4 Å². The van der Waals surface area contributed by atoms with E-state index in [1.54, 1.807) is 38.2 Å². The number of methoxy groups -OCH3 is 2. The predicted octanol–water partition coefficient (Wildman–Crippen LogP) is 4.86. The monoisotopic (exact) mass is 725 g/mol. The zero-order valence-corrected chi connectivity index (χ0v) is 30.2. The molecular weight excluding hydrogens is 691 g/mol. The second-order valence-corrected chi connectivity index (χ2v) is 16.5. The first kappa shape index (κ1) is 35.9. The van der Waals surface area contributed by atoms with Gasteiger partial charge in [0.25, 0.3) is 10.0 Å². The van der Waals surface area contributed by atoms with Crippen LogP contribution in [0.2, 0.25) is 0 Å². The Hall–Kier alpha value is -4.44. The first-order valence-corrected chi connectivity index (χ1v) is 19.4. The molecule has 0 saturated carbocycles. The van der Waals surface area contributed by atoms with Crippen molar-refractivity contribution in [1.29, 1.82) is 0 Å². The number of fused-ring (bicyclic) bond motifs is 1. The Kier molecular flexibility index (Phi) is 10.4. The Morgan fingerprint density at radius 1 is 0.898 bits per heavy atom. The molecule has 2 aromatic heterocycles. The lowest BCUT2D eigenvalue weighted by Crippen LogP contribution is -2.22. The SMILES string of the molecule is COc1ccc2c(c1)nc([S+]([O-])Cc1ncc(C)c(OC)c1C)n2S(=O)(=O)c1cc(C(=O)OCCS(=O)(=O)c2ccc(C)cc2)ccc1C. The third-order valence-corrected chi connectivity index (χ3v) is 12.8. The topological polar surface area (TPSA) is 167 Å². The molecular formula is C34H35N3O9S3. The number of sulfone groups is 1. The molecule has 0 radical (unpaired) electrons. The van der Waals surface area contributed by atoms with Crippen molar-refractivity contribution in [2.75, 3.05) is 26.6 Å². The van der Waals surface area contributed by atoms with Crippen LogP contribution in [-0.2, 0) is 41.5 Å². The minimum Gasteiger partial charge on any atom is -0.609 e. The van der Waals surface area contributed by atoms with Gasteiger partial charge in [-0.2, -0.15) is 8.96 Å². The van der Waals surface area contributed by atoms with E-state index in [1.165, 1.54) is 50.6 Å². The fraction of sp³-hybridized carbons (Fsp3) is 0.265. The number of nitrogens with zero attached hydrogens (tertiary/aromatic N) is 3. The highest BCUT2D eigenvalue weighted by Gasteiger charge is 2.34. The average Bonchev–Trinajstić information content (AvgIpc) is 3.46. The largest absolute Gasteiger partial charge is 0.609 e. The summed E-state index contributed by atoms with van der Waals surface area (Å²) in [5.74, 6) is -0.526. The van der Waals surface area contributed by atoms with E-state index in [0.717, 1.165) is 21.2 Å². The van der Waals surface area contributed by atoms with Crippen LogP contribution in [0, 0.1) is 27.7 Å². The van der Waals surface area contributed by atoms with E-state index in [1.807, 2.05) is 13.8 Å². The average molecular weight is 726 g/mol. The van der Waals surface area contributed by atoms with Crippen LogP contribution in [0.15, 0.2) is 81.8 Å². The molecule has 15 heteroatoms. The summed E-state index contributed by atoms with van der Waals surface area (Å²) in [5.41, 5.74) is 3.35. The second kappa shape index (κ2) is 14.2. The number of esters is 1. The predicted molar refractivity (Wildman–Crippen MR) is 184 cm³/mol. The molecule has 1 unspecified atom stereocenters. The van der Waals surface area contributed by atoms with Crippen molar-refractivity contribution in [1.82, 2.24) is 13.9 Å². The number of carbonyl (C=O) groups excluding carboxylic acids is 1. The summed E-state index contributed by atoms with van der Waals surface area (Å²) in [6.07, 6.45) is 1.59. The van der Waals surface area contributed by atoms with Crippen molar-refractivity contribution in [3.05, 3.63) is 100 Å². The van der Waals surface area contributed by atoms with E-state index in [4.69, 9.17) is 14.2 Å². The lowest BCUT2D eigenvalue weighted by molar-refractivity contribution is 0.0529. The number of carbonyl (C=O) groups is 1. The van der Waals surface area contributed by atoms with Crippen molar-refractivity contribution >= 4 is 48.0 Å². The molecule has 12 nitrogen and oxygen atoms in total. The summed E-state index contributed by atoms with van der Waals surface area (Å²) in [6, 6.07) is 14.9. The van der Waals surface area contributed by atoms with Crippen LogP contribution in [0.1, 0.15) is 38.3 Å². The number of ether oxygens (including phenoxy) is 3. The minimum absolute atomic E-state index is 0.101. The van der Waals surface area contributed by atoms with Gasteiger partial charge in [-0.05, 0) is 69.7 Å². The highest BCUT2D eigenvalue weighted by Crippen LogP contribution is 2.32. The maximum absolute atomic E-state index is 14.5. The first-order chi connectivity index (χ1) is 23.2. The summed E-state index contributed by atoms with van der Waals surface area (Å²) in [7, 11) is -5.28. The minimum atomic E-state index is -4.54. The standard InChI is InChI=1S/C34H35N3O9S3/c1-21-7-12-27(13-8-21)48(40,41)16-15-46-33(38)25-10-9-22(2)31(17-25)49(42,43)37-30-14-11-26(44-5)18-28(30)36-34(37)47(39)20-29-24(4)32(45-6)23(3)19-35-29/h7-14,17-19H,15-16,20H2,1-6H3. The Labute approximate surface area is 288 Å². The molecule has 3 aromatic carbocycles. The highest BCUT2D eigenvalue weighted by atomic mass is 32.2. The number of aryl methyl sites for hydroxylation is 3. The number of aromatic nitrogens is 3. The zero-order chi connectivity index (χ0) is 35.7. The molecule has 0 aliphatic heterocycles. The van der Waals surface area contributed by atoms with Crippen LogP contribution < -0.4 is 9.47 Å². The molecule has 0 aliphatic carbocycles. The Balaban J connectivity index is 1.49. The van der Waals surface area contributed by atoms with Crippen LogP contribution in [-0.4, -0.2) is 67.9 Å². The Bertz CT molecular complexity index is 2270. The summed E-state index contributed by atoms with van der Waals surface area (Å²) in [6.45, 7) is 6.56. The molecule has 2 heterocycles. The van der Waals surface area contributed by atoms with Crippen LogP contribution in [0.5, 0.6) is 11.5 Å². The van der Waals surface area contributed by atoms with Crippen molar-refractivity contribution in [2.24, 2.45) is 0 Å². The van der Waals surface area contributed by atoms with Crippen LogP contribution in [0.4, 0.5) is 0 Å². The summed E-state index contributed by atoms with van der Waals surface area (Å²) in [5, 5.41) is -0.252. The molecule has 0 aliphatic rings. The van der Waals surface area contributed by atoms with Gasteiger partial charge in [0.05, 0.1) is 52.1 Å². The van der Waals surface area contributed by atoms with Gasteiger partial charge in [-0.25, -0.2) is 21.6 Å². The van der Waals surface area contributed by atoms with Gasteiger partial charge in [0, 0.05) is 34.6 Å². The molecule has 5 rings (SSSR count). The van der Waals surface area contributed by atoms with Gasteiger partial charge in [0.2, 0.25) is 0 Å². The molecule has 1 atom stereocenters. The van der Waals surface area contributed by atoms with Crippen LogP contribution >= 0.6 is 0 Å². The number of hydrogen-bond donors (Lipinski definition) is 0. The molecule has 0 amide bonds. The molecule has 258 valence electrons. The van der Waals surface area contributed by atoms with Gasteiger partial charge in [0.15, 0.2) is 15.6 Å². The van der Waals surface area contributed by atoms with Crippen molar-refractivity contribution < 1.29 is 40.4 Å². The summed E-state index contributed by atoms with van der Waals surface area (Å²) >= 11 is -2.02. The van der Waals surface area contributed by atoms with Crippen LogP contribution in [0.25, 0.3) is 11.0 Å².